The highest BCUT2D eigenvalue weighted by Crippen LogP contribution is 2.23. The number of hydrogen-bond acceptors (Lipinski definition) is 3. The van der Waals surface area contributed by atoms with E-state index in [9.17, 15) is 4.79 Å². The number of anilines is 1. The van der Waals surface area contributed by atoms with E-state index in [1.54, 1.807) is 12.5 Å². The van der Waals surface area contributed by atoms with Gasteiger partial charge >= 0.3 is 0 Å². The van der Waals surface area contributed by atoms with Crippen LogP contribution in [0.5, 0.6) is 0 Å². The number of hydrogen-bond donors (Lipinski definition) is 0. The SMILES string of the molecule is Cc1cccc(N2CCN(C(=O)Cn3ccnc3)CC2)c1C. The van der Waals surface area contributed by atoms with Crippen LogP contribution in [0.4, 0.5) is 5.69 Å². The molecule has 1 amide bonds. The summed E-state index contributed by atoms with van der Waals surface area (Å²) in [6, 6.07) is 6.42. The molecule has 1 fully saturated rings. The summed E-state index contributed by atoms with van der Waals surface area (Å²) in [5.41, 5.74) is 3.94. The molecular formula is C17H22N4O. The van der Waals surface area contributed by atoms with Gasteiger partial charge in [-0.25, -0.2) is 4.98 Å². The molecule has 22 heavy (non-hydrogen) atoms. The zero-order chi connectivity index (χ0) is 15.5. The summed E-state index contributed by atoms with van der Waals surface area (Å²) in [6.07, 6.45) is 5.21. The lowest BCUT2D eigenvalue weighted by molar-refractivity contribution is -0.132. The predicted molar refractivity (Wildman–Crippen MR) is 86.9 cm³/mol. The van der Waals surface area contributed by atoms with Gasteiger partial charge in [0.2, 0.25) is 5.91 Å². The van der Waals surface area contributed by atoms with Crippen LogP contribution in [0, 0.1) is 13.8 Å². The van der Waals surface area contributed by atoms with Crippen LogP contribution in [-0.4, -0.2) is 46.5 Å². The molecule has 116 valence electrons. The summed E-state index contributed by atoms with van der Waals surface area (Å²) >= 11 is 0. The van der Waals surface area contributed by atoms with Gasteiger partial charge in [0.25, 0.3) is 0 Å². The van der Waals surface area contributed by atoms with E-state index < -0.39 is 0 Å². The highest BCUT2D eigenvalue weighted by atomic mass is 16.2. The minimum atomic E-state index is 0.165. The monoisotopic (exact) mass is 298 g/mol. The van der Waals surface area contributed by atoms with E-state index in [2.05, 4.69) is 41.9 Å². The molecule has 3 rings (SSSR count). The van der Waals surface area contributed by atoms with Gasteiger partial charge in [-0.05, 0) is 31.0 Å². The van der Waals surface area contributed by atoms with Crippen molar-refractivity contribution in [3.63, 3.8) is 0 Å². The smallest absolute Gasteiger partial charge is 0.242 e. The third-order valence-corrected chi connectivity index (χ3v) is 4.43. The van der Waals surface area contributed by atoms with E-state index in [1.165, 1.54) is 16.8 Å². The summed E-state index contributed by atoms with van der Waals surface area (Å²) in [5.74, 6) is 0.165. The van der Waals surface area contributed by atoms with E-state index in [1.807, 2.05) is 15.7 Å². The third kappa shape index (κ3) is 2.98. The molecule has 1 saturated heterocycles. The zero-order valence-corrected chi connectivity index (χ0v) is 13.2. The van der Waals surface area contributed by atoms with E-state index in [4.69, 9.17) is 0 Å². The molecular weight excluding hydrogens is 276 g/mol. The van der Waals surface area contributed by atoms with Gasteiger partial charge in [-0.1, -0.05) is 12.1 Å². The van der Waals surface area contributed by atoms with Crippen LogP contribution in [0.25, 0.3) is 0 Å². The molecule has 0 bridgehead atoms. The minimum absolute atomic E-state index is 0.165. The summed E-state index contributed by atoms with van der Waals surface area (Å²) in [7, 11) is 0. The number of carbonyl (C=O) groups excluding carboxylic acids is 1. The lowest BCUT2D eigenvalue weighted by atomic mass is 10.1. The van der Waals surface area contributed by atoms with E-state index in [-0.39, 0.29) is 5.91 Å². The van der Waals surface area contributed by atoms with Gasteiger partial charge in [-0.15, -0.1) is 0 Å². The maximum atomic E-state index is 12.3. The van der Waals surface area contributed by atoms with Gasteiger partial charge in [0.1, 0.15) is 6.54 Å². The molecule has 1 aliphatic rings. The maximum Gasteiger partial charge on any atom is 0.242 e. The Morgan fingerprint density at radius 1 is 1.18 bits per heavy atom. The highest BCUT2D eigenvalue weighted by Gasteiger charge is 2.22. The molecule has 0 atom stereocenters. The van der Waals surface area contributed by atoms with Gasteiger partial charge in [0.05, 0.1) is 6.33 Å². The number of benzene rings is 1. The second-order valence-electron chi connectivity index (χ2n) is 5.82. The van der Waals surface area contributed by atoms with Gasteiger partial charge in [0.15, 0.2) is 0 Å². The first-order valence-electron chi connectivity index (χ1n) is 7.70. The number of aryl methyl sites for hydroxylation is 1. The topological polar surface area (TPSA) is 41.4 Å². The van der Waals surface area contributed by atoms with Crippen LogP contribution in [-0.2, 0) is 11.3 Å². The first kappa shape index (κ1) is 14.6. The number of piperazine rings is 1. The van der Waals surface area contributed by atoms with Gasteiger partial charge < -0.3 is 14.4 Å². The van der Waals surface area contributed by atoms with Crippen molar-refractivity contribution in [3.05, 3.63) is 48.0 Å². The van der Waals surface area contributed by atoms with Crippen molar-refractivity contribution in [2.45, 2.75) is 20.4 Å². The number of amides is 1. The van der Waals surface area contributed by atoms with Crippen molar-refractivity contribution < 1.29 is 4.79 Å². The molecule has 5 heteroatoms. The van der Waals surface area contributed by atoms with Crippen LogP contribution in [0.15, 0.2) is 36.9 Å². The van der Waals surface area contributed by atoms with E-state index in [0.29, 0.717) is 6.54 Å². The van der Waals surface area contributed by atoms with Crippen LogP contribution < -0.4 is 4.90 Å². The Labute approximate surface area is 131 Å². The molecule has 0 unspecified atom stereocenters. The average Bonchev–Trinajstić information content (AvgIpc) is 3.03. The predicted octanol–water partition coefficient (Wildman–Crippen LogP) is 1.85. The summed E-state index contributed by atoms with van der Waals surface area (Å²) < 4.78 is 1.82. The van der Waals surface area contributed by atoms with Crippen molar-refractivity contribution in [3.8, 4) is 0 Å². The van der Waals surface area contributed by atoms with Gasteiger partial charge in [0, 0.05) is 44.3 Å². The summed E-state index contributed by atoms with van der Waals surface area (Å²) in [4.78, 5) is 20.6. The quantitative estimate of drug-likeness (QED) is 0.868. The lowest BCUT2D eigenvalue weighted by Gasteiger charge is -2.37. The number of imidazole rings is 1. The van der Waals surface area contributed by atoms with Crippen molar-refractivity contribution in [1.29, 1.82) is 0 Å². The Morgan fingerprint density at radius 3 is 2.64 bits per heavy atom. The van der Waals surface area contributed by atoms with E-state index in [0.717, 1.165) is 26.2 Å². The number of carbonyl (C=O) groups is 1. The standard InChI is InChI=1S/C17H22N4O/c1-14-4-3-5-16(15(14)2)20-8-10-21(11-9-20)17(22)12-19-7-6-18-13-19/h3-7,13H,8-12H2,1-2H3. The third-order valence-electron chi connectivity index (χ3n) is 4.43. The zero-order valence-electron chi connectivity index (χ0n) is 13.2. The molecule has 5 nitrogen and oxygen atoms in total. The van der Waals surface area contributed by atoms with Crippen molar-refractivity contribution in [2.75, 3.05) is 31.1 Å². The molecule has 1 aliphatic heterocycles. The molecule has 1 aromatic heterocycles. The second-order valence-corrected chi connectivity index (χ2v) is 5.82. The molecule has 2 aromatic rings. The van der Waals surface area contributed by atoms with Crippen LogP contribution in [0.3, 0.4) is 0 Å². The molecule has 1 aromatic carbocycles. The normalized spacial score (nSPS) is 15.2. The number of nitrogens with zero attached hydrogens (tertiary/aromatic N) is 4. The Morgan fingerprint density at radius 2 is 1.95 bits per heavy atom. The lowest BCUT2D eigenvalue weighted by Crippen LogP contribution is -2.49. The van der Waals surface area contributed by atoms with E-state index >= 15 is 0 Å². The fourth-order valence-electron chi connectivity index (χ4n) is 2.91. The Hall–Kier alpha value is -2.30. The Bertz CT molecular complexity index is 643. The van der Waals surface area contributed by atoms with Crippen molar-refractivity contribution in [1.82, 2.24) is 14.5 Å². The molecule has 0 spiro atoms. The fourth-order valence-corrected chi connectivity index (χ4v) is 2.91. The highest BCUT2D eigenvalue weighted by molar-refractivity contribution is 5.76. The number of aromatic nitrogens is 2. The summed E-state index contributed by atoms with van der Waals surface area (Å²) in [6.45, 7) is 8.02. The summed E-state index contributed by atoms with van der Waals surface area (Å²) in [5, 5.41) is 0. The molecule has 0 aliphatic carbocycles. The molecule has 0 N–H and O–H groups in total. The Balaban J connectivity index is 1.60. The van der Waals surface area contributed by atoms with Crippen LogP contribution in [0.2, 0.25) is 0 Å². The van der Waals surface area contributed by atoms with Gasteiger partial charge in [-0.2, -0.15) is 0 Å². The van der Waals surface area contributed by atoms with Crippen LogP contribution in [0.1, 0.15) is 11.1 Å². The fraction of sp³-hybridized carbons (Fsp3) is 0.412. The van der Waals surface area contributed by atoms with Gasteiger partial charge in [-0.3, -0.25) is 4.79 Å². The average molecular weight is 298 g/mol. The van der Waals surface area contributed by atoms with Crippen molar-refractivity contribution >= 4 is 11.6 Å². The molecule has 0 saturated carbocycles. The molecule has 2 heterocycles. The number of rotatable bonds is 3. The maximum absolute atomic E-state index is 12.3. The minimum Gasteiger partial charge on any atom is -0.368 e. The largest absolute Gasteiger partial charge is 0.368 e. The van der Waals surface area contributed by atoms with Crippen molar-refractivity contribution in [2.24, 2.45) is 0 Å². The molecule has 0 radical (unpaired) electrons. The Kier molecular flexibility index (Phi) is 4.13. The first-order chi connectivity index (χ1) is 10.6. The second kappa shape index (κ2) is 6.22. The van der Waals surface area contributed by atoms with Crippen LogP contribution >= 0.6 is 0 Å². The first-order valence-corrected chi connectivity index (χ1v) is 7.70.